The van der Waals surface area contributed by atoms with Crippen LogP contribution in [0.3, 0.4) is 0 Å². The molecular formula is C20H22N4O2. The smallest absolute Gasteiger partial charge is 0.269 e. The first kappa shape index (κ1) is 17.7. The molecule has 1 aliphatic heterocycles. The summed E-state index contributed by atoms with van der Waals surface area (Å²) in [4.78, 5) is 17.0. The third-order valence-electron chi connectivity index (χ3n) is 4.44. The average molecular weight is 350 g/mol. The van der Waals surface area contributed by atoms with Crippen molar-refractivity contribution in [2.45, 2.75) is 13.0 Å². The van der Waals surface area contributed by atoms with Crippen LogP contribution in [0.15, 0.2) is 65.7 Å². The van der Waals surface area contributed by atoms with Gasteiger partial charge in [0.2, 0.25) is 0 Å². The van der Waals surface area contributed by atoms with Crippen LogP contribution in [0.2, 0.25) is 0 Å². The molecule has 0 bridgehead atoms. The molecule has 134 valence electrons. The fourth-order valence-electron chi connectivity index (χ4n) is 3.07. The number of nitrogens with zero attached hydrogens (tertiary/aromatic N) is 3. The van der Waals surface area contributed by atoms with Crippen LogP contribution in [0.4, 0.5) is 5.69 Å². The maximum absolute atomic E-state index is 10.9. The molecule has 2 aromatic carbocycles. The fourth-order valence-corrected chi connectivity index (χ4v) is 3.07. The van der Waals surface area contributed by atoms with Gasteiger partial charge in [0.15, 0.2) is 5.96 Å². The quantitative estimate of drug-likeness (QED) is 0.397. The summed E-state index contributed by atoms with van der Waals surface area (Å²) in [6.07, 6.45) is 3.20. The average Bonchev–Trinajstić information content (AvgIpc) is 2.70. The number of non-ortho nitro benzene ring substituents is 1. The molecule has 1 N–H and O–H groups in total. The van der Waals surface area contributed by atoms with Gasteiger partial charge in [-0.1, -0.05) is 48.5 Å². The Morgan fingerprint density at radius 2 is 2.04 bits per heavy atom. The van der Waals surface area contributed by atoms with Crippen LogP contribution in [0.5, 0.6) is 0 Å². The van der Waals surface area contributed by atoms with Gasteiger partial charge in [0.25, 0.3) is 5.69 Å². The highest BCUT2D eigenvalue weighted by molar-refractivity contribution is 5.81. The second kappa shape index (κ2) is 8.29. The molecule has 26 heavy (non-hydrogen) atoms. The summed E-state index contributed by atoms with van der Waals surface area (Å²) in [5.74, 6) is 0.805. The molecule has 0 unspecified atom stereocenters. The van der Waals surface area contributed by atoms with Crippen molar-refractivity contribution < 1.29 is 4.92 Å². The van der Waals surface area contributed by atoms with Crippen molar-refractivity contribution in [2.75, 3.05) is 20.1 Å². The van der Waals surface area contributed by atoms with Crippen molar-refractivity contribution >= 4 is 17.2 Å². The van der Waals surface area contributed by atoms with Crippen molar-refractivity contribution in [2.24, 2.45) is 4.99 Å². The minimum absolute atomic E-state index is 0.104. The lowest BCUT2D eigenvalue weighted by Gasteiger charge is -2.29. The highest BCUT2D eigenvalue weighted by Crippen LogP contribution is 2.22. The number of hydrogen-bond acceptors (Lipinski definition) is 3. The Morgan fingerprint density at radius 3 is 2.69 bits per heavy atom. The fraction of sp³-hybridized carbons (Fsp3) is 0.250. The summed E-state index contributed by atoms with van der Waals surface area (Å²) in [6, 6.07) is 17.1. The Balaban J connectivity index is 1.61. The number of benzene rings is 2. The van der Waals surface area contributed by atoms with E-state index in [-0.39, 0.29) is 10.6 Å². The van der Waals surface area contributed by atoms with Crippen LogP contribution in [0.25, 0.3) is 5.57 Å². The summed E-state index contributed by atoms with van der Waals surface area (Å²) in [7, 11) is 1.76. The lowest BCUT2D eigenvalue weighted by Crippen LogP contribution is -2.43. The molecule has 0 spiro atoms. The second-order valence-corrected chi connectivity index (χ2v) is 6.12. The highest BCUT2D eigenvalue weighted by Gasteiger charge is 2.16. The zero-order valence-corrected chi connectivity index (χ0v) is 14.8. The molecule has 3 rings (SSSR count). The molecule has 0 atom stereocenters. The number of nitro groups is 1. The van der Waals surface area contributed by atoms with E-state index in [4.69, 9.17) is 0 Å². The van der Waals surface area contributed by atoms with Crippen molar-refractivity contribution in [3.63, 3.8) is 0 Å². The summed E-state index contributed by atoms with van der Waals surface area (Å²) in [5.41, 5.74) is 3.59. The van der Waals surface area contributed by atoms with Crippen molar-refractivity contribution in [1.82, 2.24) is 10.2 Å². The topological polar surface area (TPSA) is 70.8 Å². The number of hydrogen-bond donors (Lipinski definition) is 1. The second-order valence-electron chi connectivity index (χ2n) is 6.12. The van der Waals surface area contributed by atoms with Gasteiger partial charge < -0.3 is 10.2 Å². The molecule has 0 saturated carbocycles. The number of rotatable bonds is 4. The van der Waals surface area contributed by atoms with Crippen molar-refractivity contribution in [1.29, 1.82) is 0 Å². The summed E-state index contributed by atoms with van der Waals surface area (Å²) in [5, 5.41) is 14.2. The van der Waals surface area contributed by atoms with Gasteiger partial charge in [0, 0.05) is 38.8 Å². The Labute approximate surface area is 153 Å². The molecule has 0 fully saturated rings. The molecule has 0 saturated heterocycles. The Morgan fingerprint density at radius 1 is 1.23 bits per heavy atom. The number of aliphatic imine (C=N–C) groups is 1. The third kappa shape index (κ3) is 4.27. The molecule has 6 heteroatoms. The van der Waals surface area contributed by atoms with Gasteiger partial charge in [0.05, 0.1) is 4.92 Å². The third-order valence-corrected chi connectivity index (χ3v) is 4.44. The monoisotopic (exact) mass is 350 g/mol. The molecule has 1 heterocycles. The molecular weight excluding hydrogens is 328 g/mol. The summed E-state index contributed by atoms with van der Waals surface area (Å²) >= 11 is 0. The van der Waals surface area contributed by atoms with E-state index < -0.39 is 0 Å². The Kier molecular flexibility index (Phi) is 5.63. The van der Waals surface area contributed by atoms with Crippen LogP contribution in [0, 0.1) is 10.1 Å². The van der Waals surface area contributed by atoms with E-state index in [1.807, 2.05) is 12.1 Å². The van der Waals surface area contributed by atoms with Crippen LogP contribution in [0.1, 0.15) is 17.5 Å². The van der Waals surface area contributed by atoms with Crippen LogP contribution >= 0.6 is 0 Å². The minimum Gasteiger partial charge on any atom is -0.352 e. The zero-order chi connectivity index (χ0) is 18.4. The Bertz CT molecular complexity index is 831. The van der Waals surface area contributed by atoms with E-state index in [9.17, 15) is 10.1 Å². The lowest BCUT2D eigenvalue weighted by molar-refractivity contribution is -0.384. The van der Waals surface area contributed by atoms with Gasteiger partial charge in [0.1, 0.15) is 0 Å². The van der Waals surface area contributed by atoms with E-state index >= 15 is 0 Å². The van der Waals surface area contributed by atoms with Crippen LogP contribution in [-0.4, -0.2) is 35.9 Å². The highest BCUT2D eigenvalue weighted by atomic mass is 16.6. The molecule has 0 aromatic heterocycles. The molecule has 1 aliphatic rings. The van der Waals surface area contributed by atoms with Gasteiger partial charge >= 0.3 is 0 Å². The van der Waals surface area contributed by atoms with Crippen LogP contribution in [-0.2, 0) is 6.54 Å². The number of nitrogens with one attached hydrogen (secondary N) is 1. The molecule has 0 aliphatic carbocycles. The number of guanidine groups is 1. The first-order valence-corrected chi connectivity index (χ1v) is 8.61. The molecule has 0 amide bonds. The predicted octanol–water partition coefficient (Wildman–Crippen LogP) is 3.46. The maximum atomic E-state index is 10.9. The van der Waals surface area contributed by atoms with Crippen molar-refractivity contribution in [3.05, 3.63) is 81.9 Å². The van der Waals surface area contributed by atoms with E-state index in [0.29, 0.717) is 6.54 Å². The van der Waals surface area contributed by atoms with Crippen molar-refractivity contribution in [3.8, 4) is 0 Å². The van der Waals surface area contributed by atoms with Gasteiger partial charge in [-0.25, -0.2) is 0 Å². The first-order valence-electron chi connectivity index (χ1n) is 8.61. The maximum Gasteiger partial charge on any atom is 0.269 e. The van der Waals surface area contributed by atoms with Gasteiger partial charge in [-0.3, -0.25) is 15.1 Å². The molecule has 2 aromatic rings. The normalized spacial score (nSPS) is 14.7. The number of nitro benzene ring substituents is 1. The zero-order valence-electron chi connectivity index (χ0n) is 14.8. The standard InChI is InChI=1S/C20H22N4O2/c1-21-20(22-15-16-6-5-9-19(14-16)24(25)26)23-12-10-18(11-13-23)17-7-3-2-4-8-17/h2-10,14H,11-13,15H2,1H3,(H,21,22). The van der Waals surface area contributed by atoms with E-state index in [1.54, 1.807) is 19.2 Å². The summed E-state index contributed by atoms with van der Waals surface area (Å²) < 4.78 is 0. The van der Waals surface area contributed by atoms with E-state index in [1.165, 1.54) is 17.2 Å². The lowest BCUT2D eigenvalue weighted by atomic mass is 10.00. The van der Waals surface area contributed by atoms with E-state index in [0.717, 1.165) is 31.0 Å². The minimum atomic E-state index is -0.376. The molecule has 0 radical (unpaired) electrons. The largest absolute Gasteiger partial charge is 0.352 e. The first-order chi connectivity index (χ1) is 12.7. The van der Waals surface area contributed by atoms with Gasteiger partial charge in [-0.15, -0.1) is 0 Å². The predicted molar refractivity (Wildman–Crippen MR) is 104 cm³/mol. The van der Waals surface area contributed by atoms with Gasteiger partial charge in [-0.2, -0.15) is 0 Å². The van der Waals surface area contributed by atoms with Crippen LogP contribution < -0.4 is 5.32 Å². The van der Waals surface area contributed by atoms with Gasteiger partial charge in [-0.05, 0) is 23.1 Å². The SMILES string of the molecule is CN=C(NCc1cccc([N+](=O)[O-])c1)N1CC=C(c2ccccc2)CC1. The summed E-state index contributed by atoms with van der Waals surface area (Å²) in [6.45, 7) is 2.17. The Hall–Kier alpha value is -3.15. The van der Waals surface area contributed by atoms with E-state index in [2.05, 4.69) is 45.6 Å². The molecule has 6 nitrogen and oxygen atoms in total.